The summed E-state index contributed by atoms with van der Waals surface area (Å²) in [5.41, 5.74) is -0.762. The molecule has 0 aliphatic carbocycles. The summed E-state index contributed by atoms with van der Waals surface area (Å²) in [7, 11) is 1.48. The summed E-state index contributed by atoms with van der Waals surface area (Å²) in [5, 5.41) is 12.0. The Labute approximate surface area is 211 Å². The van der Waals surface area contributed by atoms with Crippen molar-refractivity contribution in [3.63, 3.8) is 0 Å². The number of benzene rings is 2. The van der Waals surface area contributed by atoms with E-state index < -0.39 is 23.2 Å². The quantitative estimate of drug-likeness (QED) is 0.243. The fourth-order valence-corrected chi connectivity index (χ4v) is 3.97. The number of methoxy groups -OCH3 is 1. The van der Waals surface area contributed by atoms with Crippen LogP contribution in [0.15, 0.2) is 59.6 Å². The van der Waals surface area contributed by atoms with Crippen LogP contribution in [0.1, 0.15) is 30.9 Å². The van der Waals surface area contributed by atoms with Crippen LogP contribution in [0.5, 0.6) is 11.5 Å². The van der Waals surface area contributed by atoms with Gasteiger partial charge in [-0.05, 0) is 61.0 Å². The molecule has 36 heavy (non-hydrogen) atoms. The van der Waals surface area contributed by atoms with Crippen molar-refractivity contribution in [2.24, 2.45) is 0 Å². The lowest BCUT2D eigenvalue weighted by atomic mass is 10.1. The monoisotopic (exact) mass is 515 g/mol. The van der Waals surface area contributed by atoms with Gasteiger partial charge in [-0.1, -0.05) is 25.1 Å². The van der Waals surface area contributed by atoms with E-state index in [-0.39, 0.29) is 16.5 Å². The maximum Gasteiger partial charge on any atom is 0.417 e. The van der Waals surface area contributed by atoms with E-state index in [9.17, 15) is 23.2 Å². The van der Waals surface area contributed by atoms with Gasteiger partial charge in [0.2, 0.25) is 5.91 Å². The van der Waals surface area contributed by atoms with E-state index >= 15 is 0 Å². The summed E-state index contributed by atoms with van der Waals surface area (Å²) in [4.78, 5) is 16.8. The number of rotatable bonds is 10. The fraction of sp³-hybridized carbons (Fsp3) is 0.269. The molecule has 0 aliphatic heterocycles. The van der Waals surface area contributed by atoms with E-state index in [1.807, 2.05) is 0 Å². The Balaban J connectivity index is 1.78. The minimum absolute atomic E-state index is 0.0329. The predicted molar refractivity (Wildman–Crippen MR) is 132 cm³/mol. The molecule has 188 valence electrons. The smallest absolute Gasteiger partial charge is 0.417 e. The number of carbonyl (C=O) groups excluding carboxylic acids is 1. The second kappa shape index (κ2) is 12.3. The van der Waals surface area contributed by atoms with Gasteiger partial charge in [-0.3, -0.25) is 4.79 Å². The summed E-state index contributed by atoms with van der Waals surface area (Å²) in [6.07, 6.45) is -2.82. The first-order valence-electron chi connectivity index (χ1n) is 11.1. The molecule has 0 fully saturated rings. The summed E-state index contributed by atoms with van der Waals surface area (Å²) in [5.74, 6) is 0.525. The lowest BCUT2D eigenvalue weighted by Gasteiger charge is -2.14. The molecule has 3 rings (SSSR count). The number of nitriles is 1. The second-order valence-corrected chi connectivity index (χ2v) is 8.60. The highest BCUT2D eigenvalue weighted by atomic mass is 32.2. The molecule has 0 radical (unpaired) electrons. The molecule has 0 bridgehead atoms. The number of amides is 1. The van der Waals surface area contributed by atoms with Gasteiger partial charge in [0.1, 0.15) is 22.6 Å². The number of hydrogen-bond acceptors (Lipinski definition) is 6. The number of nitrogens with one attached hydrogen (secondary N) is 1. The summed E-state index contributed by atoms with van der Waals surface area (Å²) in [6, 6.07) is 15.6. The molecule has 2 aromatic carbocycles. The van der Waals surface area contributed by atoms with Crippen molar-refractivity contribution in [2.75, 3.05) is 24.8 Å². The molecule has 0 saturated heterocycles. The summed E-state index contributed by atoms with van der Waals surface area (Å²) < 4.78 is 51.9. The molecule has 0 unspecified atom stereocenters. The third-order valence-electron chi connectivity index (χ3n) is 5.03. The fourth-order valence-electron chi connectivity index (χ4n) is 3.17. The van der Waals surface area contributed by atoms with Crippen molar-refractivity contribution in [2.45, 2.75) is 31.0 Å². The van der Waals surface area contributed by atoms with Gasteiger partial charge in [-0.2, -0.15) is 18.4 Å². The number of nitrogens with zero attached hydrogens (tertiary/aromatic N) is 2. The predicted octanol–water partition coefficient (Wildman–Crippen LogP) is 6.56. The van der Waals surface area contributed by atoms with Crippen LogP contribution in [0.2, 0.25) is 0 Å². The molecule has 6 nitrogen and oxygen atoms in total. The number of hydrogen-bond donors (Lipinski definition) is 1. The summed E-state index contributed by atoms with van der Waals surface area (Å²) in [6.45, 7) is 2.66. The van der Waals surface area contributed by atoms with E-state index in [1.54, 1.807) is 54.6 Å². The number of ether oxygens (including phenoxy) is 2. The normalized spacial score (nSPS) is 11.0. The SMILES string of the molecule is CCCCOc1ccc(NC(=O)CSc2nc(-c3ccc(OC)cc3)cc(C(F)(F)F)c2C#N)cc1. The Morgan fingerprint density at radius 2 is 1.78 bits per heavy atom. The van der Waals surface area contributed by atoms with Crippen LogP contribution in [0.4, 0.5) is 18.9 Å². The Morgan fingerprint density at radius 3 is 2.36 bits per heavy atom. The number of anilines is 1. The van der Waals surface area contributed by atoms with Crippen LogP contribution in [0, 0.1) is 11.3 Å². The van der Waals surface area contributed by atoms with Crippen LogP contribution in [-0.2, 0) is 11.0 Å². The number of alkyl halides is 3. The number of aromatic nitrogens is 1. The maximum atomic E-state index is 13.7. The zero-order chi connectivity index (χ0) is 26.1. The van der Waals surface area contributed by atoms with E-state index in [0.29, 0.717) is 29.4 Å². The van der Waals surface area contributed by atoms with Gasteiger partial charge < -0.3 is 14.8 Å². The van der Waals surface area contributed by atoms with Crippen LogP contribution in [0.3, 0.4) is 0 Å². The van der Waals surface area contributed by atoms with Gasteiger partial charge in [-0.25, -0.2) is 4.98 Å². The number of thioether (sulfide) groups is 1. The highest BCUT2D eigenvalue weighted by molar-refractivity contribution is 8.00. The van der Waals surface area contributed by atoms with Crippen LogP contribution < -0.4 is 14.8 Å². The molecular formula is C26H24F3N3O3S. The molecule has 10 heteroatoms. The highest BCUT2D eigenvalue weighted by Crippen LogP contribution is 2.38. The molecule has 3 aromatic rings. The first-order valence-corrected chi connectivity index (χ1v) is 12.1. The van der Waals surface area contributed by atoms with Gasteiger partial charge >= 0.3 is 6.18 Å². The van der Waals surface area contributed by atoms with E-state index in [2.05, 4.69) is 17.2 Å². The Hall–Kier alpha value is -3.71. The molecular weight excluding hydrogens is 491 g/mol. The third kappa shape index (κ3) is 7.15. The van der Waals surface area contributed by atoms with Crippen molar-refractivity contribution >= 4 is 23.4 Å². The third-order valence-corrected chi connectivity index (χ3v) is 6.01. The van der Waals surface area contributed by atoms with Gasteiger partial charge in [-0.15, -0.1) is 0 Å². The number of halogens is 3. The zero-order valence-corrected chi connectivity index (χ0v) is 20.5. The largest absolute Gasteiger partial charge is 0.497 e. The van der Waals surface area contributed by atoms with Crippen molar-refractivity contribution < 1.29 is 27.4 Å². The average molecular weight is 516 g/mol. The molecule has 0 saturated carbocycles. The topological polar surface area (TPSA) is 84.2 Å². The average Bonchev–Trinajstić information content (AvgIpc) is 2.87. The molecule has 1 aromatic heterocycles. The highest BCUT2D eigenvalue weighted by Gasteiger charge is 2.36. The van der Waals surface area contributed by atoms with Crippen molar-refractivity contribution in [3.05, 3.63) is 65.7 Å². The minimum Gasteiger partial charge on any atom is -0.497 e. The van der Waals surface area contributed by atoms with Gasteiger partial charge in [0.15, 0.2) is 0 Å². The standard InChI is InChI=1S/C26H24F3N3O3S/c1-3-4-13-35-20-11-7-18(8-12-20)31-24(33)16-36-25-21(15-30)22(26(27,28)29)14-23(32-25)17-5-9-19(34-2)10-6-17/h5-12,14H,3-4,13,16H2,1-2H3,(H,31,33). The lowest BCUT2D eigenvalue weighted by Crippen LogP contribution is -2.15. The van der Waals surface area contributed by atoms with Crippen LogP contribution in [0.25, 0.3) is 11.3 Å². The minimum atomic E-state index is -4.77. The maximum absolute atomic E-state index is 13.7. The number of carbonyl (C=O) groups is 1. The Morgan fingerprint density at radius 1 is 1.11 bits per heavy atom. The first-order chi connectivity index (χ1) is 17.2. The molecule has 1 heterocycles. The van der Waals surface area contributed by atoms with Gasteiger partial charge in [0, 0.05) is 11.3 Å². The zero-order valence-electron chi connectivity index (χ0n) is 19.7. The number of pyridine rings is 1. The molecule has 0 atom stereocenters. The Bertz CT molecular complexity index is 1220. The molecule has 1 N–H and O–H groups in total. The first kappa shape index (κ1) is 26.9. The van der Waals surface area contributed by atoms with Crippen molar-refractivity contribution in [1.82, 2.24) is 4.98 Å². The Kier molecular flexibility index (Phi) is 9.19. The van der Waals surface area contributed by atoms with E-state index in [0.717, 1.165) is 30.7 Å². The number of unbranched alkanes of at least 4 members (excludes halogenated alkanes) is 1. The van der Waals surface area contributed by atoms with E-state index in [4.69, 9.17) is 9.47 Å². The molecule has 1 amide bonds. The van der Waals surface area contributed by atoms with Gasteiger partial charge in [0.25, 0.3) is 0 Å². The molecule has 0 spiro atoms. The lowest BCUT2D eigenvalue weighted by molar-refractivity contribution is -0.138. The molecule has 0 aliphatic rings. The van der Waals surface area contributed by atoms with E-state index in [1.165, 1.54) is 7.11 Å². The van der Waals surface area contributed by atoms with Crippen molar-refractivity contribution in [3.8, 4) is 28.8 Å². The van der Waals surface area contributed by atoms with Gasteiger partial charge in [0.05, 0.1) is 36.3 Å². The summed E-state index contributed by atoms with van der Waals surface area (Å²) >= 11 is 0.767. The van der Waals surface area contributed by atoms with Crippen LogP contribution in [-0.4, -0.2) is 30.4 Å². The second-order valence-electron chi connectivity index (χ2n) is 7.64. The van der Waals surface area contributed by atoms with Crippen LogP contribution >= 0.6 is 11.8 Å². The van der Waals surface area contributed by atoms with Crippen molar-refractivity contribution in [1.29, 1.82) is 5.26 Å².